The summed E-state index contributed by atoms with van der Waals surface area (Å²) >= 11 is 1.08. The molecule has 122 valence electrons. The van der Waals surface area contributed by atoms with E-state index in [1.54, 1.807) is 13.8 Å². The lowest BCUT2D eigenvalue weighted by Crippen LogP contribution is -2.30. The van der Waals surface area contributed by atoms with Gasteiger partial charge < -0.3 is 14.2 Å². The Morgan fingerprint density at radius 1 is 1.27 bits per heavy atom. The van der Waals surface area contributed by atoms with E-state index in [1.165, 1.54) is 0 Å². The molecule has 0 saturated carbocycles. The predicted molar refractivity (Wildman–Crippen MR) is 85.8 cm³/mol. The Labute approximate surface area is 134 Å². The number of hydrogen-bond donors (Lipinski definition) is 0. The molecule has 1 amide bonds. The molecule has 1 unspecified atom stereocenters. The second-order valence-corrected chi connectivity index (χ2v) is 8.87. The molecule has 0 spiro atoms. The summed E-state index contributed by atoms with van der Waals surface area (Å²) in [5, 5.41) is 0. The molecule has 22 heavy (non-hydrogen) atoms. The van der Waals surface area contributed by atoms with Gasteiger partial charge in [0.25, 0.3) is 6.57 Å². The Morgan fingerprint density at radius 3 is 2.50 bits per heavy atom. The molecule has 0 N–H and O–H groups in total. The van der Waals surface area contributed by atoms with E-state index in [-0.39, 0.29) is 26.0 Å². The lowest BCUT2D eigenvalue weighted by atomic mass is 10.4. The van der Waals surface area contributed by atoms with Gasteiger partial charge in [0.15, 0.2) is 0 Å². The van der Waals surface area contributed by atoms with Gasteiger partial charge in [0, 0.05) is 4.90 Å². The van der Waals surface area contributed by atoms with Crippen molar-refractivity contribution in [1.82, 2.24) is 4.90 Å². The molecule has 0 aliphatic heterocycles. The molecule has 1 rings (SSSR count). The number of rotatable bonds is 10. The van der Waals surface area contributed by atoms with Crippen LogP contribution in [0.2, 0.25) is 0 Å². The van der Waals surface area contributed by atoms with Gasteiger partial charge in [0.05, 0.1) is 13.2 Å². The van der Waals surface area contributed by atoms with E-state index >= 15 is 0 Å². The van der Waals surface area contributed by atoms with Gasteiger partial charge in [-0.25, -0.2) is 0 Å². The number of nitrogens with zero attached hydrogens (tertiary/aromatic N) is 1. The van der Waals surface area contributed by atoms with Crippen molar-refractivity contribution in [1.29, 1.82) is 0 Å². The van der Waals surface area contributed by atoms with Gasteiger partial charge in [0.1, 0.15) is 12.8 Å². The third kappa shape index (κ3) is 6.64. The Hall–Kier alpha value is -1.30. The fraction of sp³-hybridized carbons (Fsp3) is 0.429. The molecule has 1 aromatic carbocycles. The maximum Gasteiger partial charge on any atom is 0.325 e. The van der Waals surface area contributed by atoms with Gasteiger partial charge in [-0.15, -0.1) is 0 Å². The number of amides is 1. The third-order valence-electron chi connectivity index (χ3n) is 2.45. The first-order valence-corrected chi connectivity index (χ1v) is 10.1. The molecular formula is C14H20NO5PS. The van der Waals surface area contributed by atoms with Crippen LogP contribution in [0.25, 0.3) is 0 Å². The average Bonchev–Trinajstić information content (AvgIpc) is 2.47. The first kappa shape index (κ1) is 18.7. The zero-order valence-electron chi connectivity index (χ0n) is 12.6. The number of carbonyl (C=O) groups is 2. The first-order valence-electron chi connectivity index (χ1n) is 6.86. The fourth-order valence-electron chi connectivity index (χ4n) is 1.65. The predicted octanol–water partition coefficient (Wildman–Crippen LogP) is 2.99. The van der Waals surface area contributed by atoms with Crippen LogP contribution in [0.3, 0.4) is 0 Å². The largest absolute Gasteiger partial charge is 0.465 e. The van der Waals surface area contributed by atoms with Crippen LogP contribution in [0, 0.1) is 0 Å². The zero-order valence-corrected chi connectivity index (χ0v) is 14.3. The van der Waals surface area contributed by atoms with Crippen molar-refractivity contribution < 1.29 is 23.4 Å². The average molecular weight is 345 g/mol. The Morgan fingerprint density at radius 2 is 1.95 bits per heavy atom. The molecule has 8 heteroatoms. The molecule has 6 nitrogen and oxygen atoms in total. The topological polar surface area (TPSA) is 72.9 Å². The van der Waals surface area contributed by atoms with Gasteiger partial charge in [-0.3, -0.25) is 14.2 Å². The molecule has 0 aromatic heterocycles. The number of esters is 1. The quantitative estimate of drug-likeness (QED) is 0.369. The van der Waals surface area contributed by atoms with Crippen LogP contribution < -0.4 is 0 Å². The highest BCUT2D eigenvalue weighted by Gasteiger charge is 2.28. The lowest BCUT2D eigenvalue weighted by Gasteiger charge is -2.23. The van der Waals surface area contributed by atoms with Crippen molar-refractivity contribution in [3.63, 3.8) is 0 Å². The van der Waals surface area contributed by atoms with Gasteiger partial charge in [-0.05, 0) is 37.4 Å². The molecular weight excluding hydrogens is 325 g/mol. The summed E-state index contributed by atoms with van der Waals surface area (Å²) in [6.07, 6.45) is 0.330. The van der Waals surface area contributed by atoms with Crippen LogP contribution in [0.1, 0.15) is 13.8 Å². The maximum absolute atomic E-state index is 12.9. The Kier molecular flexibility index (Phi) is 8.24. The van der Waals surface area contributed by atoms with E-state index < -0.39 is 12.5 Å². The third-order valence-corrected chi connectivity index (χ3v) is 6.71. The van der Waals surface area contributed by atoms with Gasteiger partial charge in [-0.1, -0.05) is 18.2 Å². The molecule has 0 saturated heterocycles. The van der Waals surface area contributed by atoms with Crippen molar-refractivity contribution in [3.8, 4) is 0 Å². The van der Waals surface area contributed by atoms with Gasteiger partial charge in [0.2, 0.25) is 6.41 Å². The highest BCUT2D eigenvalue weighted by atomic mass is 32.7. The summed E-state index contributed by atoms with van der Waals surface area (Å²) in [5.74, 6) is -0.539. The highest BCUT2D eigenvalue weighted by molar-refractivity contribution is 8.56. The van der Waals surface area contributed by atoms with E-state index in [4.69, 9.17) is 9.26 Å². The molecule has 0 aliphatic rings. The number of benzene rings is 1. The van der Waals surface area contributed by atoms with Crippen LogP contribution in [-0.2, 0) is 23.4 Å². The van der Waals surface area contributed by atoms with Crippen molar-refractivity contribution in [3.05, 3.63) is 30.3 Å². The molecule has 0 bridgehead atoms. The van der Waals surface area contributed by atoms with Crippen LogP contribution in [0.15, 0.2) is 35.2 Å². The zero-order chi connectivity index (χ0) is 16.4. The molecule has 0 heterocycles. The second-order valence-electron chi connectivity index (χ2n) is 4.23. The van der Waals surface area contributed by atoms with Gasteiger partial charge >= 0.3 is 5.97 Å². The van der Waals surface area contributed by atoms with Crippen LogP contribution >= 0.6 is 18.0 Å². The standard InChI is InChI=1S/C14H20NO5PS/c1-3-19-14(17)10-15(11-16)12-21(18,20-4-2)22-13-8-6-5-7-9-13/h5-9,11H,3-4,10,12H2,1-2H3. The molecule has 0 fully saturated rings. The number of ether oxygens (including phenoxy) is 1. The molecule has 0 aliphatic carbocycles. The minimum Gasteiger partial charge on any atom is -0.465 e. The normalized spacial score (nSPS) is 13.2. The Balaban J connectivity index is 2.77. The van der Waals surface area contributed by atoms with Crippen LogP contribution in [0.4, 0.5) is 0 Å². The monoisotopic (exact) mass is 345 g/mol. The highest BCUT2D eigenvalue weighted by Crippen LogP contribution is 2.62. The van der Waals surface area contributed by atoms with E-state index in [9.17, 15) is 14.2 Å². The maximum atomic E-state index is 12.9. The minimum atomic E-state index is -3.19. The van der Waals surface area contributed by atoms with Gasteiger partial charge in [-0.2, -0.15) is 0 Å². The first-order chi connectivity index (χ1) is 10.5. The van der Waals surface area contributed by atoms with Crippen molar-refractivity contribution in [2.45, 2.75) is 18.7 Å². The molecule has 0 radical (unpaired) electrons. The van der Waals surface area contributed by atoms with Crippen molar-refractivity contribution in [2.75, 3.05) is 26.0 Å². The molecule has 1 atom stereocenters. The van der Waals surface area contributed by atoms with E-state index in [0.717, 1.165) is 21.2 Å². The minimum absolute atomic E-state index is 0.150. The summed E-state index contributed by atoms with van der Waals surface area (Å²) in [4.78, 5) is 24.5. The van der Waals surface area contributed by atoms with E-state index in [2.05, 4.69) is 0 Å². The molecule has 1 aromatic rings. The number of carbonyl (C=O) groups excluding carboxylic acids is 2. The summed E-state index contributed by atoms with van der Waals surface area (Å²) < 4.78 is 23.0. The van der Waals surface area contributed by atoms with Crippen molar-refractivity contribution in [2.24, 2.45) is 0 Å². The number of hydrogen-bond acceptors (Lipinski definition) is 6. The fourth-order valence-corrected chi connectivity index (χ4v) is 5.87. The van der Waals surface area contributed by atoms with E-state index in [0.29, 0.717) is 6.41 Å². The Bertz CT molecular complexity index is 525. The smallest absolute Gasteiger partial charge is 0.325 e. The summed E-state index contributed by atoms with van der Waals surface area (Å²) in [7, 11) is 0. The van der Waals surface area contributed by atoms with Crippen molar-refractivity contribution >= 4 is 30.3 Å². The lowest BCUT2D eigenvalue weighted by molar-refractivity contribution is -0.145. The summed E-state index contributed by atoms with van der Waals surface area (Å²) in [6.45, 7) is 0.462. The SMILES string of the molecule is CCOC(=O)CN(C=O)CP(=O)(OCC)Sc1ccccc1. The summed E-state index contributed by atoms with van der Waals surface area (Å²) in [5.41, 5.74) is 0. The van der Waals surface area contributed by atoms with E-state index in [1.807, 2.05) is 30.3 Å². The van der Waals surface area contributed by atoms with Crippen LogP contribution in [-0.4, -0.2) is 43.3 Å². The van der Waals surface area contributed by atoms with Crippen LogP contribution in [0.5, 0.6) is 0 Å². The second kappa shape index (κ2) is 9.66. The summed E-state index contributed by atoms with van der Waals surface area (Å²) in [6, 6.07) is 9.14.